The Morgan fingerprint density at radius 1 is 1.37 bits per heavy atom. The van der Waals surface area contributed by atoms with Crippen LogP contribution in [0.3, 0.4) is 0 Å². The molecular weight excluding hydrogens is 238 g/mol. The smallest absolute Gasteiger partial charge is 0.242 e. The standard InChI is InChI=1S/C15H23N3O/c1-11(15(19)17-3)18-10-6-8-13(16-2)12-7-4-5-9-14(12)18/h4-5,7,9,11,13,16H,6,8,10H2,1-3H3,(H,17,19). The van der Waals surface area contributed by atoms with Gasteiger partial charge < -0.3 is 15.5 Å². The molecule has 1 aromatic carbocycles. The summed E-state index contributed by atoms with van der Waals surface area (Å²) in [4.78, 5) is 14.1. The SMILES string of the molecule is CNC(=O)C(C)N1CCCC(NC)c2ccccc21. The fraction of sp³-hybridized carbons (Fsp3) is 0.533. The molecule has 1 aliphatic heterocycles. The van der Waals surface area contributed by atoms with Gasteiger partial charge in [0, 0.05) is 25.3 Å². The number of anilines is 1. The molecule has 0 bridgehead atoms. The molecule has 4 heteroatoms. The number of fused-ring (bicyclic) bond motifs is 1. The van der Waals surface area contributed by atoms with Crippen molar-refractivity contribution in [2.45, 2.75) is 31.8 Å². The van der Waals surface area contributed by atoms with Crippen molar-refractivity contribution in [2.24, 2.45) is 0 Å². The minimum atomic E-state index is -0.137. The van der Waals surface area contributed by atoms with Crippen LogP contribution in [-0.4, -0.2) is 32.6 Å². The highest BCUT2D eigenvalue weighted by Crippen LogP contribution is 2.33. The lowest BCUT2D eigenvalue weighted by Crippen LogP contribution is -2.44. The average molecular weight is 261 g/mol. The number of carbonyl (C=O) groups is 1. The first-order valence-electron chi connectivity index (χ1n) is 6.93. The van der Waals surface area contributed by atoms with Gasteiger partial charge in [0.2, 0.25) is 5.91 Å². The molecule has 0 aromatic heterocycles. The van der Waals surface area contributed by atoms with E-state index in [-0.39, 0.29) is 11.9 Å². The van der Waals surface area contributed by atoms with Gasteiger partial charge in [-0.05, 0) is 38.4 Å². The summed E-state index contributed by atoms with van der Waals surface area (Å²) in [5.74, 6) is 0.0673. The number of nitrogens with zero attached hydrogens (tertiary/aromatic N) is 1. The average Bonchev–Trinajstić information content (AvgIpc) is 2.64. The lowest BCUT2D eigenvalue weighted by atomic mass is 10.0. The topological polar surface area (TPSA) is 44.4 Å². The lowest BCUT2D eigenvalue weighted by molar-refractivity contribution is -0.121. The maximum Gasteiger partial charge on any atom is 0.242 e. The van der Waals surface area contributed by atoms with Crippen molar-refractivity contribution >= 4 is 11.6 Å². The van der Waals surface area contributed by atoms with Crippen molar-refractivity contribution in [3.05, 3.63) is 29.8 Å². The molecule has 0 saturated carbocycles. The van der Waals surface area contributed by atoms with E-state index in [1.165, 1.54) is 11.3 Å². The van der Waals surface area contributed by atoms with Crippen molar-refractivity contribution < 1.29 is 4.79 Å². The second-order valence-corrected chi connectivity index (χ2v) is 5.03. The van der Waals surface area contributed by atoms with E-state index in [0.717, 1.165) is 19.4 Å². The Kier molecular flexibility index (Phi) is 4.43. The minimum Gasteiger partial charge on any atom is -0.360 e. The summed E-state index contributed by atoms with van der Waals surface area (Å²) in [5, 5.41) is 6.12. The number of nitrogens with one attached hydrogen (secondary N) is 2. The third-order valence-electron chi connectivity index (χ3n) is 3.96. The first-order valence-corrected chi connectivity index (χ1v) is 6.93. The van der Waals surface area contributed by atoms with Gasteiger partial charge in [-0.25, -0.2) is 0 Å². The molecular formula is C15H23N3O. The summed E-state index contributed by atoms with van der Waals surface area (Å²) in [6.07, 6.45) is 2.19. The van der Waals surface area contributed by atoms with E-state index in [4.69, 9.17) is 0 Å². The first kappa shape index (κ1) is 13.9. The van der Waals surface area contributed by atoms with Crippen molar-refractivity contribution in [2.75, 3.05) is 25.5 Å². The Balaban J connectivity index is 2.38. The minimum absolute atomic E-state index is 0.0673. The highest BCUT2D eigenvalue weighted by Gasteiger charge is 2.27. The van der Waals surface area contributed by atoms with Crippen LogP contribution in [-0.2, 0) is 4.79 Å². The van der Waals surface area contributed by atoms with Crippen molar-refractivity contribution in [1.82, 2.24) is 10.6 Å². The molecule has 0 aliphatic carbocycles. The van der Waals surface area contributed by atoms with Crippen LogP contribution in [0.5, 0.6) is 0 Å². The number of carbonyl (C=O) groups excluding carboxylic acids is 1. The second-order valence-electron chi connectivity index (χ2n) is 5.03. The van der Waals surface area contributed by atoms with E-state index in [2.05, 4.69) is 33.7 Å². The van der Waals surface area contributed by atoms with Crippen LogP contribution in [0, 0.1) is 0 Å². The zero-order valence-electron chi connectivity index (χ0n) is 11.9. The van der Waals surface area contributed by atoms with Crippen LogP contribution in [0.2, 0.25) is 0 Å². The molecule has 2 atom stereocenters. The Labute approximate surface area is 115 Å². The molecule has 1 amide bonds. The molecule has 0 saturated heterocycles. The van der Waals surface area contributed by atoms with E-state index in [1.807, 2.05) is 20.0 Å². The maximum atomic E-state index is 11.9. The van der Waals surface area contributed by atoms with E-state index in [0.29, 0.717) is 6.04 Å². The predicted molar refractivity (Wildman–Crippen MR) is 78.4 cm³/mol. The molecule has 4 nitrogen and oxygen atoms in total. The monoisotopic (exact) mass is 261 g/mol. The molecule has 1 aromatic rings. The third-order valence-corrected chi connectivity index (χ3v) is 3.96. The van der Waals surface area contributed by atoms with Crippen LogP contribution in [0.1, 0.15) is 31.4 Å². The number of benzene rings is 1. The number of hydrogen-bond donors (Lipinski definition) is 2. The molecule has 0 spiro atoms. The zero-order chi connectivity index (χ0) is 13.8. The highest BCUT2D eigenvalue weighted by atomic mass is 16.2. The molecule has 19 heavy (non-hydrogen) atoms. The van der Waals surface area contributed by atoms with Crippen LogP contribution < -0.4 is 15.5 Å². The van der Waals surface area contributed by atoms with Crippen LogP contribution in [0.15, 0.2) is 24.3 Å². The lowest BCUT2D eigenvalue weighted by Gasteiger charge is -2.30. The van der Waals surface area contributed by atoms with E-state index < -0.39 is 0 Å². The van der Waals surface area contributed by atoms with E-state index in [1.54, 1.807) is 7.05 Å². The van der Waals surface area contributed by atoms with Gasteiger partial charge in [0.05, 0.1) is 0 Å². The van der Waals surface area contributed by atoms with Gasteiger partial charge in [0.1, 0.15) is 6.04 Å². The number of rotatable bonds is 3. The summed E-state index contributed by atoms with van der Waals surface area (Å²) < 4.78 is 0. The summed E-state index contributed by atoms with van der Waals surface area (Å²) >= 11 is 0. The predicted octanol–water partition coefficient (Wildman–Crippen LogP) is 1.68. The fourth-order valence-corrected chi connectivity index (χ4v) is 2.84. The number of hydrogen-bond acceptors (Lipinski definition) is 3. The Hall–Kier alpha value is -1.55. The molecule has 2 rings (SSSR count). The molecule has 104 valence electrons. The maximum absolute atomic E-state index is 11.9. The summed E-state index contributed by atoms with van der Waals surface area (Å²) in [6.45, 7) is 2.89. The normalized spacial score (nSPS) is 20.4. The second kappa shape index (κ2) is 6.06. The summed E-state index contributed by atoms with van der Waals surface area (Å²) in [7, 11) is 3.69. The van der Waals surface area contributed by atoms with Crippen molar-refractivity contribution in [1.29, 1.82) is 0 Å². The summed E-state index contributed by atoms with van der Waals surface area (Å²) in [5.41, 5.74) is 2.47. The number of amides is 1. The van der Waals surface area contributed by atoms with Gasteiger partial charge in [-0.2, -0.15) is 0 Å². The van der Waals surface area contributed by atoms with Gasteiger partial charge in [-0.1, -0.05) is 18.2 Å². The Morgan fingerprint density at radius 3 is 2.79 bits per heavy atom. The molecule has 1 heterocycles. The van der Waals surface area contributed by atoms with Crippen LogP contribution in [0.25, 0.3) is 0 Å². The number of para-hydroxylation sites is 1. The highest BCUT2D eigenvalue weighted by molar-refractivity contribution is 5.85. The van der Waals surface area contributed by atoms with Crippen LogP contribution >= 0.6 is 0 Å². The third kappa shape index (κ3) is 2.73. The molecule has 2 N–H and O–H groups in total. The molecule has 0 fully saturated rings. The van der Waals surface area contributed by atoms with Crippen molar-refractivity contribution in [3.63, 3.8) is 0 Å². The van der Waals surface area contributed by atoms with E-state index >= 15 is 0 Å². The van der Waals surface area contributed by atoms with Gasteiger partial charge >= 0.3 is 0 Å². The Morgan fingerprint density at radius 2 is 2.11 bits per heavy atom. The van der Waals surface area contributed by atoms with Gasteiger partial charge in [0.25, 0.3) is 0 Å². The summed E-state index contributed by atoms with van der Waals surface area (Å²) in [6, 6.07) is 8.62. The van der Waals surface area contributed by atoms with Gasteiger partial charge in [0.15, 0.2) is 0 Å². The number of likely N-dealkylation sites (N-methyl/N-ethyl adjacent to an activating group) is 1. The molecule has 1 aliphatic rings. The van der Waals surface area contributed by atoms with E-state index in [9.17, 15) is 4.79 Å². The Bertz CT molecular complexity index is 447. The molecule has 0 radical (unpaired) electrons. The van der Waals surface area contributed by atoms with Gasteiger partial charge in [-0.15, -0.1) is 0 Å². The van der Waals surface area contributed by atoms with Crippen molar-refractivity contribution in [3.8, 4) is 0 Å². The first-order chi connectivity index (χ1) is 9.19. The zero-order valence-corrected chi connectivity index (χ0v) is 11.9. The fourth-order valence-electron chi connectivity index (χ4n) is 2.84. The largest absolute Gasteiger partial charge is 0.360 e. The van der Waals surface area contributed by atoms with Crippen LogP contribution in [0.4, 0.5) is 5.69 Å². The van der Waals surface area contributed by atoms with Gasteiger partial charge in [-0.3, -0.25) is 4.79 Å². The quantitative estimate of drug-likeness (QED) is 0.870. The molecule has 2 unspecified atom stereocenters.